The first-order valence-electron chi connectivity index (χ1n) is 8.40. The number of aromatic hydroxyl groups is 1. The summed E-state index contributed by atoms with van der Waals surface area (Å²) in [5.74, 6) is 0.557. The fourth-order valence-corrected chi connectivity index (χ4v) is 2.46. The standard InChI is InChI=1S/C21H19NO5/c1-3-26-21(24)15-9-11-18-16(13-15)22-20(27-18)7-5-4-6-14-8-10-17(23)19(12-14)25-2/h4-13,23H,3H2,1-2H3/b6-4+,7-5+. The maximum Gasteiger partial charge on any atom is 0.338 e. The topological polar surface area (TPSA) is 81.8 Å². The summed E-state index contributed by atoms with van der Waals surface area (Å²) < 4.78 is 15.7. The van der Waals surface area contributed by atoms with Crippen molar-refractivity contribution >= 4 is 29.2 Å². The normalized spacial score (nSPS) is 11.5. The molecule has 1 N–H and O–H groups in total. The second kappa shape index (κ2) is 8.23. The second-order valence-corrected chi connectivity index (χ2v) is 5.60. The van der Waals surface area contributed by atoms with Crippen molar-refractivity contribution in [2.75, 3.05) is 13.7 Å². The van der Waals surface area contributed by atoms with Crippen LogP contribution in [0.25, 0.3) is 23.3 Å². The maximum atomic E-state index is 11.8. The quantitative estimate of drug-likeness (QED) is 0.513. The first-order chi connectivity index (χ1) is 13.1. The lowest BCUT2D eigenvalue weighted by Gasteiger charge is -2.03. The van der Waals surface area contributed by atoms with Gasteiger partial charge in [-0.2, -0.15) is 0 Å². The lowest BCUT2D eigenvalue weighted by molar-refractivity contribution is 0.0526. The van der Waals surface area contributed by atoms with Crippen LogP contribution in [-0.4, -0.2) is 29.8 Å². The minimum Gasteiger partial charge on any atom is -0.504 e. The molecule has 0 aliphatic heterocycles. The molecule has 3 rings (SSSR count). The Kier molecular flexibility index (Phi) is 5.56. The zero-order chi connectivity index (χ0) is 19.2. The van der Waals surface area contributed by atoms with Crippen LogP contribution in [0.15, 0.2) is 53.0 Å². The van der Waals surface area contributed by atoms with Gasteiger partial charge in [0.2, 0.25) is 5.89 Å². The lowest BCUT2D eigenvalue weighted by Crippen LogP contribution is -2.03. The molecule has 0 saturated carbocycles. The van der Waals surface area contributed by atoms with Gasteiger partial charge in [0.15, 0.2) is 17.1 Å². The van der Waals surface area contributed by atoms with Gasteiger partial charge in [-0.25, -0.2) is 9.78 Å². The van der Waals surface area contributed by atoms with Gasteiger partial charge >= 0.3 is 5.97 Å². The number of methoxy groups -OCH3 is 1. The molecule has 27 heavy (non-hydrogen) atoms. The molecule has 0 unspecified atom stereocenters. The van der Waals surface area contributed by atoms with Gasteiger partial charge in [-0.3, -0.25) is 0 Å². The highest BCUT2D eigenvalue weighted by atomic mass is 16.5. The third-order valence-corrected chi connectivity index (χ3v) is 3.76. The highest BCUT2D eigenvalue weighted by Gasteiger charge is 2.10. The van der Waals surface area contributed by atoms with Crippen molar-refractivity contribution in [2.24, 2.45) is 0 Å². The number of nitrogens with zero attached hydrogens (tertiary/aromatic N) is 1. The predicted octanol–water partition coefficient (Wildman–Crippen LogP) is 4.45. The Balaban J connectivity index is 1.73. The monoisotopic (exact) mass is 365 g/mol. The van der Waals surface area contributed by atoms with Crippen molar-refractivity contribution in [1.82, 2.24) is 4.98 Å². The van der Waals surface area contributed by atoms with Crippen LogP contribution < -0.4 is 4.74 Å². The van der Waals surface area contributed by atoms with Crippen LogP contribution >= 0.6 is 0 Å². The zero-order valence-corrected chi connectivity index (χ0v) is 15.0. The molecule has 0 fully saturated rings. The number of esters is 1. The van der Waals surface area contributed by atoms with E-state index in [2.05, 4.69) is 4.98 Å². The maximum absolute atomic E-state index is 11.8. The summed E-state index contributed by atoms with van der Waals surface area (Å²) in [5, 5.41) is 9.60. The van der Waals surface area contributed by atoms with E-state index in [1.165, 1.54) is 7.11 Å². The number of oxazole rings is 1. The average Bonchev–Trinajstić information content (AvgIpc) is 3.08. The Morgan fingerprint density at radius 1 is 1.19 bits per heavy atom. The van der Waals surface area contributed by atoms with Crippen LogP contribution in [0, 0.1) is 0 Å². The molecule has 0 bridgehead atoms. The van der Waals surface area contributed by atoms with Crippen molar-refractivity contribution < 1.29 is 23.8 Å². The Morgan fingerprint density at radius 3 is 2.78 bits per heavy atom. The van der Waals surface area contributed by atoms with E-state index in [-0.39, 0.29) is 11.7 Å². The summed E-state index contributed by atoms with van der Waals surface area (Å²) in [4.78, 5) is 16.1. The number of hydrogen-bond acceptors (Lipinski definition) is 6. The Labute approximate surface area is 156 Å². The molecule has 1 aromatic heterocycles. The molecule has 0 aliphatic rings. The number of allylic oxidation sites excluding steroid dienone is 2. The van der Waals surface area contributed by atoms with Crippen molar-refractivity contribution in [1.29, 1.82) is 0 Å². The van der Waals surface area contributed by atoms with Gasteiger partial charge in [-0.1, -0.05) is 24.3 Å². The number of carbonyl (C=O) groups excluding carboxylic acids is 1. The molecule has 0 aliphatic carbocycles. The molecule has 0 spiro atoms. The van der Waals surface area contributed by atoms with E-state index < -0.39 is 0 Å². The van der Waals surface area contributed by atoms with Crippen molar-refractivity contribution in [3.05, 3.63) is 65.6 Å². The van der Waals surface area contributed by atoms with E-state index in [4.69, 9.17) is 13.9 Å². The average molecular weight is 365 g/mol. The number of hydrogen-bond donors (Lipinski definition) is 1. The van der Waals surface area contributed by atoms with Gasteiger partial charge in [0.25, 0.3) is 0 Å². The molecule has 3 aromatic rings. The van der Waals surface area contributed by atoms with E-state index in [0.29, 0.717) is 34.9 Å². The van der Waals surface area contributed by atoms with E-state index >= 15 is 0 Å². The number of aromatic nitrogens is 1. The third-order valence-electron chi connectivity index (χ3n) is 3.76. The van der Waals surface area contributed by atoms with Gasteiger partial charge < -0.3 is 19.0 Å². The molecule has 0 amide bonds. The number of phenols is 1. The summed E-state index contributed by atoms with van der Waals surface area (Å²) >= 11 is 0. The van der Waals surface area contributed by atoms with Crippen molar-refractivity contribution in [2.45, 2.75) is 6.92 Å². The molecular formula is C21H19NO5. The van der Waals surface area contributed by atoms with Crippen LogP contribution in [0.4, 0.5) is 0 Å². The first kappa shape index (κ1) is 18.3. The summed E-state index contributed by atoms with van der Waals surface area (Å²) in [5.41, 5.74) is 2.50. The lowest BCUT2D eigenvalue weighted by atomic mass is 10.2. The van der Waals surface area contributed by atoms with Crippen LogP contribution in [0.3, 0.4) is 0 Å². The second-order valence-electron chi connectivity index (χ2n) is 5.60. The Bertz CT molecular complexity index is 1020. The molecular weight excluding hydrogens is 346 g/mol. The Hall–Kier alpha value is -3.54. The fraction of sp³-hybridized carbons (Fsp3) is 0.143. The number of benzene rings is 2. The molecule has 0 saturated heterocycles. The molecule has 1 heterocycles. The number of ether oxygens (including phenoxy) is 2. The van der Waals surface area contributed by atoms with Crippen LogP contribution in [0.5, 0.6) is 11.5 Å². The minimum atomic E-state index is -0.383. The van der Waals surface area contributed by atoms with Gasteiger partial charge in [-0.15, -0.1) is 0 Å². The Morgan fingerprint density at radius 2 is 2.00 bits per heavy atom. The number of fused-ring (bicyclic) bond motifs is 1. The van der Waals surface area contributed by atoms with Crippen LogP contribution in [-0.2, 0) is 4.74 Å². The smallest absolute Gasteiger partial charge is 0.338 e. The largest absolute Gasteiger partial charge is 0.504 e. The number of phenolic OH excluding ortho intramolecular Hbond substituents is 1. The summed E-state index contributed by atoms with van der Waals surface area (Å²) in [6.07, 6.45) is 7.19. The van der Waals surface area contributed by atoms with Gasteiger partial charge in [0.1, 0.15) is 5.52 Å². The highest BCUT2D eigenvalue weighted by molar-refractivity contribution is 5.93. The summed E-state index contributed by atoms with van der Waals surface area (Å²) in [7, 11) is 1.50. The van der Waals surface area contributed by atoms with Crippen LogP contribution in [0.1, 0.15) is 28.7 Å². The third kappa shape index (κ3) is 4.36. The highest BCUT2D eigenvalue weighted by Crippen LogP contribution is 2.26. The van der Waals surface area contributed by atoms with E-state index in [0.717, 1.165) is 5.56 Å². The van der Waals surface area contributed by atoms with Gasteiger partial charge in [-0.05, 0) is 42.8 Å². The van der Waals surface area contributed by atoms with Crippen LogP contribution in [0.2, 0.25) is 0 Å². The molecule has 0 atom stereocenters. The molecule has 2 aromatic carbocycles. The van der Waals surface area contributed by atoms with E-state index in [9.17, 15) is 9.90 Å². The molecule has 6 heteroatoms. The number of rotatable bonds is 6. The first-order valence-corrected chi connectivity index (χ1v) is 8.40. The molecule has 6 nitrogen and oxygen atoms in total. The SMILES string of the molecule is CCOC(=O)c1ccc2oc(/C=C/C=C/c3ccc(O)c(OC)c3)nc2c1. The van der Waals surface area contributed by atoms with E-state index in [1.54, 1.807) is 55.5 Å². The summed E-state index contributed by atoms with van der Waals surface area (Å²) in [6.45, 7) is 2.08. The fourth-order valence-electron chi connectivity index (χ4n) is 2.46. The van der Waals surface area contributed by atoms with Gasteiger partial charge in [0, 0.05) is 6.08 Å². The van der Waals surface area contributed by atoms with Crippen molar-refractivity contribution in [3.63, 3.8) is 0 Å². The van der Waals surface area contributed by atoms with Crippen molar-refractivity contribution in [3.8, 4) is 11.5 Å². The predicted molar refractivity (Wildman–Crippen MR) is 103 cm³/mol. The molecule has 0 radical (unpaired) electrons. The molecule has 138 valence electrons. The van der Waals surface area contributed by atoms with E-state index in [1.807, 2.05) is 12.2 Å². The number of carbonyl (C=O) groups is 1. The van der Waals surface area contributed by atoms with Gasteiger partial charge in [0.05, 0.1) is 19.3 Å². The minimum absolute atomic E-state index is 0.0962. The zero-order valence-electron chi connectivity index (χ0n) is 15.0. The summed E-state index contributed by atoms with van der Waals surface area (Å²) in [6, 6.07) is 10.1.